The van der Waals surface area contributed by atoms with Crippen LogP contribution in [0.5, 0.6) is 5.75 Å². The topological polar surface area (TPSA) is 80.2 Å². The van der Waals surface area contributed by atoms with Crippen molar-refractivity contribution in [3.8, 4) is 22.9 Å². The Morgan fingerprint density at radius 2 is 2.20 bits per heavy atom. The van der Waals surface area contributed by atoms with E-state index < -0.39 is 0 Å². The Balaban J connectivity index is 1.80. The molecule has 0 radical (unpaired) electrons. The summed E-state index contributed by atoms with van der Waals surface area (Å²) in [6.45, 7) is 5.23. The number of ether oxygens (including phenoxy) is 1. The highest BCUT2D eigenvalue weighted by molar-refractivity contribution is 5.75. The van der Waals surface area contributed by atoms with Crippen LogP contribution in [0.1, 0.15) is 30.6 Å². The van der Waals surface area contributed by atoms with E-state index in [2.05, 4.69) is 40.1 Å². The second-order valence-electron chi connectivity index (χ2n) is 6.55. The van der Waals surface area contributed by atoms with Crippen molar-refractivity contribution < 1.29 is 4.74 Å². The van der Waals surface area contributed by atoms with Gasteiger partial charge in [0.05, 0.1) is 25.5 Å². The van der Waals surface area contributed by atoms with Crippen LogP contribution in [0.4, 0.5) is 0 Å². The summed E-state index contributed by atoms with van der Waals surface area (Å²) in [5.74, 6) is 0.634. The Hall–Kier alpha value is -2.85. The van der Waals surface area contributed by atoms with Crippen LogP contribution in [0.2, 0.25) is 0 Å². The first-order valence-corrected chi connectivity index (χ1v) is 8.35. The zero-order chi connectivity index (χ0) is 17.6. The Labute approximate surface area is 145 Å². The summed E-state index contributed by atoms with van der Waals surface area (Å²) >= 11 is 0. The molecule has 1 saturated heterocycles. The van der Waals surface area contributed by atoms with Crippen LogP contribution in [0.15, 0.2) is 24.7 Å². The lowest BCUT2D eigenvalue weighted by atomic mass is 10.1. The van der Waals surface area contributed by atoms with Crippen molar-refractivity contribution in [1.29, 1.82) is 5.26 Å². The predicted molar refractivity (Wildman–Crippen MR) is 93.5 cm³/mol. The van der Waals surface area contributed by atoms with E-state index in [0.717, 1.165) is 29.8 Å². The van der Waals surface area contributed by atoms with Crippen LogP contribution in [-0.2, 0) is 0 Å². The fourth-order valence-corrected chi connectivity index (χ4v) is 3.64. The van der Waals surface area contributed by atoms with Crippen molar-refractivity contribution in [2.24, 2.45) is 0 Å². The maximum atomic E-state index is 9.24. The average Bonchev–Trinajstić information content (AvgIpc) is 3.31. The monoisotopic (exact) mass is 336 g/mol. The van der Waals surface area contributed by atoms with Gasteiger partial charge in [-0.05, 0) is 26.3 Å². The molecule has 1 aliphatic heterocycles. The van der Waals surface area contributed by atoms with E-state index >= 15 is 0 Å². The number of fused-ring (bicyclic) bond motifs is 1. The lowest BCUT2D eigenvalue weighted by Crippen LogP contribution is -2.18. The fourth-order valence-electron chi connectivity index (χ4n) is 3.64. The number of nitriles is 1. The highest BCUT2D eigenvalue weighted by Gasteiger charge is 2.25. The number of rotatable bonds is 3. The van der Waals surface area contributed by atoms with Crippen molar-refractivity contribution in [3.05, 3.63) is 35.9 Å². The molecule has 4 rings (SSSR count). The third-order valence-electron chi connectivity index (χ3n) is 4.95. The molecule has 0 spiro atoms. The molecule has 1 aliphatic rings. The second kappa shape index (κ2) is 5.90. The van der Waals surface area contributed by atoms with E-state index in [1.165, 1.54) is 0 Å². The van der Waals surface area contributed by atoms with Gasteiger partial charge in [0.15, 0.2) is 0 Å². The predicted octanol–water partition coefficient (Wildman–Crippen LogP) is 2.31. The zero-order valence-electron chi connectivity index (χ0n) is 14.5. The zero-order valence-corrected chi connectivity index (χ0v) is 14.5. The number of nitrogens with one attached hydrogen (secondary N) is 1. The Morgan fingerprint density at radius 1 is 1.36 bits per heavy atom. The van der Waals surface area contributed by atoms with E-state index in [-0.39, 0.29) is 0 Å². The molecule has 128 valence electrons. The quantitative estimate of drug-likeness (QED) is 0.794. The van der Waals surface area contributed by atoms with Crippen LogP contribution >= 0.6 is 0 Å². The minimum absolute atomic E-state index is 0.379. The minimum atomic E-state index is 0.379. The molecule has 1 N–H and O–H groups in total. The van der Waals surface area contributed by atoms with Crippen molar-refractivity contribution in [2.75, 3.05) is 13.7 Å². The molecule has 3 aromatic heterocycles. The van der Waals surface area contributed by atoms with Crippen LogP contribution in [0, 0.1) is 18.3 Å². The van der Waals surface area contributed by atoms with Gasteiger partial charge in [-0.2, -0.15) is 15.5 Å². The highest BCUT2D eigenvalue weighted by atomic mass is 16.5. The van der Waals surface area contributed by atoms with E-state index in [0.29, 0.717) is 28.9 Å². The van der Waals surface area contributed by atoms with E-state index in [1.807, 2.05) is 18.5 Å². The largest absolute Gasteiger partial charge is 0.494 e. The SMILES string of the molecule is COc1cc(-c2cnn([C@H]3CN[C@@H](C)C3)c2C)cn2ncc(C#N)c12. The first-order chi connectivity index (χ1) is 12.1. The van der Waals surface area contributed by atoms with E-state index in [4.69, 9.17) is 4.74 Å². The Bertz CT molecular complexity index is 980. The number of methoxy groups -OCH3 is 1. The van der Waals surface area contributed by atoms with Crippen LogP contribution in [0.25, 0.3) is 16.6 Å². The van der Waals surface area contributed by atoms with E-state index in [9.17, 15) is 5.26 Å². The highest BCUT2D eigenvalue weighted by Crippen LogP contribution is 2.32. The third kappa shape index (κ3) is 2.46. The molecule has 0 aromatic carbocycles. The van der Waals surface area contributed by atoms with Crippen molar-refractivity contribution in [1.82, 2.24) is 24.7 Å². The lowest BCUT2D eigenvalue weighted by molar-refractivity contribution is 0.417. The summed E-state index contributed by atoms with van der Waals surface area (Å²) in [5.41, 5.74) is 4.33. The van der Waals surface area contributed by atoms with Crippen LogP contribution in [0.3, 0.4) is 0 Å². The average molecular weight is 336 g/mol. The van der Waals surface area contributed by atoms with Gasteiger partial charge in [-0.3, -0.25) is 4.68 Å². The van der Waals surface area contributed by atoms with Gasteiger partial charge in [-0.1, -0.05) is 0 Å². The Kier molecular flexibility index (Phi) is 3.70. The standard InChI is InChI=1S/C18H20N6O/c1-11-4-15(8-20-11)24-12(2)16(9-22-24)13-5-17(25-3)18-14(6-19)7-21-23(18)10-13/h5,7,9-11,15,20H,4,8H2,1-3H3/t11-,15+/m0/s1. The van der Waals surface area contributed by atoms with Gasteiger partial charge in [-0.25, -0.2) is 4.52 Å². The maximum absolute atomic E-state index is 9.24. The first-order valence-electron chi connectivity index (χ1n) is 8.35. The molecule has 7 nitrogen and oxygen atoms in total. The summed E-state index contributed by atoms with van der Waals surface area (Å²) in [6, 6.07) is 4.99. The first kappa shape index (κ1) is 15.7. The van der Waals surface area contributed by atoms with Gasteiger partial charge in [0.2, 0.25) is 0 Å². The van der Waals surface area contributed by atoms with Gasteiger partial charge in [-0.15, -0.1) is 0 Å². The second-order valence-corrected chi connectivity index (χ2v) is 6.55. The summed E-state index contributed by atoms with van der Waals surface area (Å²) in [6.07, 6.45) is 6.45. The fraction of sp³-hybridized carbons (Fsp3) is 0.389. The van der Waals surface area contributed by atoms with Crippen molar-refractivity contribution >= 4 is 5.52 Å². The molecule has 0 saturated carbocycles. The molecule has 7 heteroatoms. The van der Waals surface area contributed by atoms with Gasteiger partial charge in [0, 0.05) is 35.6 Å². The molecule has 4 heterocycles. The molecule has 3 aromatic rings. The van der Waals surface area contributed by atoms with Gasteiger partial charge in [0.25, 0.3) is 0 Å². The Morgan fingerprint density at radius 3 is 2.88 bits per heavy atom. The molecule has 0 amide bonds. The lowest BCUT2D eigenvalue weighted by Gasteiger charge is -2.13. The van der Waals surface area contributed by atoms with Crippen LogP contribution in [-0.4, -0.2) is 39.1 Å². The van der Waals surface area contributed by atoms with Gasteiger partial charge >= 0.3 is 0 Å². The molecule has 0 aliphatic carbocycles. The van der Waals surface area contributed by atoms with E-state index in [1.54, 1.807) is 17.8 Å². The number of hydrogen-bond acceptors (Lipinski definition) is 5. The summed E-state index contributed by atoms with van der Waals surface area (Å²) < 4.78 is 9.30. The van der Waals surface area contributed by atoms with Crippen molar-refractivity contribution in [2.45, 2.75) is 32.4 Å². The van der Waals surface area contributed by atoms with Gasteiger partial charge in [0.1, 0.15) is 22.9 Å². The molecule has 1 fully saturated rings. The smallest absolute Gasteiger partial charge is 0.146 e. The minimum Gasteiger partial charge on any atom is -0.494 e. The number of nitrogens with zero attached hydrogens (tertiary/aromatic N) is 5. The summed E-state index contributed by atoms with van der Waals surface area (Å²) in [7, 11) is 1.61. The normalized spacial score (nSPS) is 20.1. The summed E-state index contributed by atoms with van der Waals surface area (Å²) in [5, 5.41) is 21.6. The molecule has 0 unspecified atom stereocenters. The molecule has 0 bridgehead atoms. The van der Waals surface area contributed by atoms with Gasteiger partial charge < -0.3 is 10.1 Å². The summed E-state index contributed by atoms with van der Waals surface area (Å²) in [4.78, 5) is 0. The molecular weight excluding hydrogens is 316 g/mol. The molecule has 2 atom stereocenters. The number of hydrogen-bond donors (Lipinski definition) is 1. The molecule has 25 heavy (non-hydrogen) atoms. The maximum Gasteiger partial charge on any atom is 0.146 e. The van der Waals surface area contributed by atoms with Crippen molar-refractivity contribution in [3.63, 3.8) is 0 Å². The number of aromatic nitrogens is 4. The number of pyridine rings is 1. The van der Waals surface area contributed by atoms with Crippen LogP contribution < -0.4 is 10.1 Å². The third-order valence-corrected chi connectivity index (χ3v) is 4.95. The molecular formula is C18H20N6O.